The summed E-state index contributed by atoms with van der Waals surface area (Å²) in [5.41, 5.74) is 8.92. The lowest BCUT2D eigenvalue weighted by Crippen LogP contribution is -1.96. The largest absolute Gasteiger partial charge is 0.396 e. The van der Waals surface area contributed by atoms with Crippen molar-refractivity contribution in [3.63, 3.8) is 0 Å². The van der Waals surface area contributed by atoms with E-state index in [9.17, 15) is 0 Å². The van der Waals surface area contributed by atoms with Gasteiger partial charge in [0.1, 0.15) is 5.82 Å². The molecule has 2 aromatic rings. The fraction of sp³-hybridized carbons (Fsp3) is 0.308. The van der Waals surface area contributed by atoms with Crippen molar-refractivity contribution < 1.29 is 5.11 Å². The molecule has 0 atom stereocenters. The summed E-state index contributed by atoms with van der Waals surface area (Å²) in [5.74, 6) is 0.657. The first-order chi connectivity index (χ1) is 8.20. The van der Waals surface area contributed by atoms with Gasteiger partial charge in [-0.3, -0.25) is 4.68 Å². The van der Waals surface area contributed by atoms with Gasteiger partial charge < -0.3 is 10.8 Å². The molecule has 90 valence electrons. The van der Waals surface area contributed by atoms with Crippen molar-refractivity contribution in [1.82, 2.24) is 9.78 Å². The Morgan fingerprint density at radius 3 is 2.53 bits per heavy atom. The van der Waals surface area contributed by atoms with Gasteiger partial charge in [0.25, 0.3) is 0 Å². The summed E-state index contributed by atoms with van der Waals surface area (Å²) >= 11 is 0. The number of benzene rings is 1. The number of rotatable bonds is 4. The van der Waals surface area contributed by atoms with Crippen LogP contribution in [0.3, 0.4) is 0 Å². The van der Waals surface area contributed by atoms with Crippen LogP contribution in [0.4, 0.5) is 5.82 Å². The van der Waals surface area contributed by atoms with Gasteiger partial charge in [-0.15, -0.1) is 0 Å². The molecule has 0 spiro atoms. The molecule has 1 heterocycles. The van der Waals surface area contributed by atoms with Crippen molar-refractivity contribution in [2.24, 2.45) is 7.05 Å². The van der Waals surface area contributed by atoms with E-state index in [-0.39, 0.29) is 6.61 Å². The van der Waals surface area contributed by atoms with E-state index >= 15 is 0 Å². The Morgan fingerprint density at radius 2 is 2.00 bits per heavy atom. The van der Waals surface area contributed by atoms with E-state index in [1.54, 1.807) is 4.68 Å². The minimum absolute atomic E-state index is 0.235. The molecule has 2 rings (SSSR count). The van der Waals surface area contributed by atoms with Gasteiger partial charge in [-0.1, -0.05) is 24.3 Å². The molecule has 0 aliphatic carbocycles. The number of nitrogens with zero attached hydrogens (tertiary/aromatic N) is 2. The predicted molar refractivity (Wildman–Crippen MR) is 68.5 cm³/mol. The van der Waals surface area contributed by atoms with Crippen LogP contribution in [-0.2, 0) is 13.5 Å². The highest BCUT2D eigenvalue weighted by Gasteiger charge is 2.04. The zero-order valence-electron chi connectivity index (χ0n) is 9.93. The third-order valence-corrected chi connectivity index (χ3v) is 2.79. The van der Waals surface area contributed by atoms with Gasteiger partial charge in [0.15, 0.2) is 0 Å². The zero-order valence-corrected chi connectivity index (χ0v) is 9.93. The molecule has 0 fully saturated rings. The van der Waals surface area contributed by atoms with Crippen LogP contribution in [0, 0.1) is 0 Å². The summed E-state index contributed by atoms with van der Waals surface area (Å²) < 4.78 is 1.66. The molecule has 4 nitrogen and oxygen atoms in total. The maximum atomic E-state index is 8.77. The van der Waals surface area contributed by atoms with Crippen molar-refractivity contribution in [2.45, 2.75) is 12.8 Å². The number of aliphatic hydroxyl groups excluding tert-OH is 1. The average molecular weight is 231 g/mol. The van der Waals surface area contributed by atoms with Crippen molar-refractivity contribution in [1.29, 1.82) is 0 Å². The second kappa shape index (κ2) is 5.01. The van der Waals surface area contributed by atoms with Crippen molar-refractivity contribution in [2.75, 3.05) is 12.3 Å². The molecule has 1 aromatic heterocycles. The molecule has 0 aliphatic heterocycles. The number of hydrogen-bond acceptors (Lipinski definition) is 3. The van der Waals surface area contributed by atoms with Crippen molar-refractivity contribution in [3.8, 4) is 11.3 Å². The fourth-order valence-corrected chi connectivity index (χ4v) is 1.75. The first-order valence-electron chi connectivity index (χ1n) is 5.70. The second-order valence-corrected chi connectivity index (χ2v) is 4.10. The van der Waals surface area contributed by atoms with Gasteiger partial charge in [-0.2, -0.15) is 5.10 Å². The number of anilines is 1. The molecule has 0 saturated heterocycles. The Labute approximate surface area is 101 Å². The molecule has 17 heavy (non-hydrogen) atoms. The first-order valence-corrected chi connectivity index (χ1v) is 5.70. The van der Waals surface area contributed by atoms with Crippen molar-refractivity contribution in [3.05, 3.63) is 35.9 Å². The Balaban J connectivity index is 2.17. The van der Waals surface area contributed by atoms with Crippen LogP contribution in [0.25, 0.3) is 11.3 Å². The first kappa shape index (κ1) is 11.7. The topological polar surface area (TPSA) is 64.1 Å². The van der Waals surface area contributed by atoms with Crippen molar-refractivity contribution >= 4 is 5.82 Å². The van der Waals surface area contributed by atoms with Crippen LogP contribution >= 0.6 is 0 Å². The van der Waals surface area contributed by atoms with Gasteiger partial charge in [0, 0.05) is 25.3 Å². The zero-order chi connectivity index (χ0) is 12.3. The maximum Gasteiger partial charge on any atom is 0.121 e. The Kier molecular flexibility index (Phi) is 3.44. The molecule has 0 radical (unpaired) electrons. The van der Waals surface area contributed by atoms with E-state index in [1.807, 2.05) is 25.2 Å². The van der Waals surface area contributed by atoms with E-state index in [0.717, 1.165) is 24.1 Å². The summed E-state index contributed by atoms with van der Waals surface area (Å²) in [4.78, 5) is 0. The van der Waals surface area contributed by atoms with E-state index in [2.05, 4.69) is 17.2 Å². The van der Waals surface area contributed by atoms with Gasteiger partial charge in [0.2, 0.25) is 0 Å². The lowest BCUT2D eigenvalue weighted by atomic mass is 10.1. The van der Waals surface area contributed by atoms with Crippen LogP contribution in [0.15, 0.2) is 30.3 Å². The van der Waals surface area contributed by atoms with Crippen LogP contribution < -0.4 is 5.73 Å². The number of hydrogen-bond donors (Lipinski definition) is 2. The minimum atomic E-state index is 0.235. The summed E-state index contributed by atoms with van der Waals surface area (Å²) in [6.45, 7) is 0.235. The van der Waals surface area contributed by atoms with Gasteiger partial charge in [-0.05, 0) is 18.4 Å². The third-order valence-electron chi connectivity index (χ3n) is 2.79. The molecule has 0 unspecified atom stereocenters. The lowest BCUT2D eigenvalue weighted by Gasteiger charge is -2.01. The van der Waals surface area contributed by atoms with Crippen LogP contribution in [0.2, 0.25) is 0 Å². The Bertz CT molecular complexity index is 468. The van der Waals surface area contributed by atoms with E-state index in [4.69, 9.17) is 10.8 Å². The molecule has 0 saturated carbocycles. The summed E-state index contributed by atoms with van der Waals surface area (Å²) in [7, 11) is 1.83. The number of aromatic nitrogens is 2. The molecule has 1 aromatic carbocycles. The highest BCUT2D eigenvalue weighted by Crippen LogP contribution is 2.20. The van der Waals surface area contributed by atoms with Gasteiger partial charge in [-0.25, -0.2) is 0 Å². The molecule has 0 aliphatic rings. The molecular weight excluding hydrogens is 214 g/mol. The molecular formula is C13H17N3O. The molecule has 0 bridgehead atoms. The molecule has 0 amide bonds. The number of nitrogen functional groups attached to an aromatic ring is 1. The summed E-state index contributed by atoms with van der Waals surface area (Å²) in [6, 6.07) is 10.1. The van der Waals surface area contributed by atoms with E-state index in [0.29, 0.717) is 5.82 Å². The predicted octanol–water partition coefficient (Wildman–Crippen LogP) is 1.59. The fourth-order valence-electron chi connectivity index (χ4n) is 1.75. The molecule has 3 N–H and O–H groups in total. The minimum Gasteiger partial charge on any atom is -0.396 e. The monoisotopic (exact) mass is 231 g/mol. The van der Waals surface area contributed by atoms with Crippen LogP contribution in [-0.4, -0.2) is 21.5 Å². The Hall–Kier alpha value is -1.81. The number of nitrogens with two attached hydrogens (primary N) is 1. The average Bonchev–Trinajstić information content (AvgIpc) is 2.68. The Morgan fingerprint density at radius 1 is 1.29 bits per heavy atom. The lowest BCUT2D eigenvalue weighted by molar-refractivity contribution is 0.288. The quantitative estimate of drug-likeness (QED) is 0.840. The van der Waals surface area contributed by atoms with Crippen LogP contribution in [0.1, 0.15) is 12.0 Å². The van der Waals surface area contributed by atoms with Gasteiger partial charge in [0.05, 0.1) is 5.69 Å². The van der Waals surface area contributed by atoms with E-state index < -0.39 is 0 Å². The third kappa shape index (κ3) is 2.65. The van der Waals surface area contributed by atoms with Crippen LogP contribution in [0.5, 0.6) is 0 Å². The summed E-state index contributed by atoms with van der Waals surface area (Å²) in [5, 5.41) is 13.1. The number of aryl methyl sites for hydroxylation is 2. The normalized spacial score (nSPS) is 10.7. The molecule has 4 heteroatoms. The number of aliphatic hydroxyl groups is 1. The second-order valence-electron chi connectivity index (χ2n) is 4.10. The smallest absolute Gasteiger partial charge is 0.121 e. The van der Waals surface area contributed by atoms with Gasteiger partial charge >= 0.3 is 0 Å². The SMILES string of the molecule is Cn1nc(-c2ccc(CCCO)cc2)cc1N. The highest BCUT2D eigenvalue weighted by molar-refractivity contribution is 5.62. The summed E-state index contributed by atoms with van der Waals surface area (Å²) in [6.07, 6.45) is 1.71. The van der Waals surface area contributed by atoms with E-state index in [1.165, 1.54) is 5.56 Å². The standard InChI is InChI=1S/C13H17N3O/c1-16-13(14)9-12(15-16)11-6-4-10(5-7-11)3-2-8-17/h4-7,9,17H,2-3,8,14H2,1H3. The highest BCUT2D eigenvalue weighted by atomic mass is 16.2. The maximum absolute atomic E-state index is 8.77.